The van der Waals surface area contributed by atoms with Gasteiger partial charge in [-0.3, -0.25) is 4.57 Å². The molecule has 2 aromatic rings. The van der Waals surface area contributed by atoms with Gasteiger partial charge < -0.3 is 4.74 Å². The maximum atomic E-state index is 11.9. The molecule has 1 aliphatic heterocycles. The fourth-order valence-corrected chi connectivity index (χ4v) is 3.51. The second-order valence-electron chi connectivity index (χ2n) is 5.27. The molecule has 2 heterocycles. The zero-order valence-corrected chi connectivity index (χ0v) is 12.9. The first-order valence-corrected chi connectivity index (χ1v) is 8.16. The molecule has 3 rings (SSSR count). The largest absolute Gasteiger partial charge is 0.376 e. The van der Waals surface area contributed by atoms with Crippen LogP contribution in [-0.4, -0.2) is 27.5 Å². The molecule has 1 saturated heterocycles. The lowest BCUT2D eigenvalue weighted by Crippen LogP contribution is -2.24. The molecule has 21 heavy (non-hydrogen) atoms. The van der Waals surface area contributed by atoms with E-state index in [9.17, 15) is 4.79 Å². The molecule has 0 spiro atoms. The van der Waals surface area contributed by atoms with E-state index in [2.05, 4.69) is 29.3 Å². The lowest BCUT2D eigenvalue weighted by Gasteiger charge is -2.11. The fourth-order valence-electron chi connectivity index (χ4n) is 2.48. The first kappa shape index (κ1) is 14.4. The van der Waals surface area contributed by atoms with Gasteiger partial charge >= 0.3 is 5.69 Å². The molecule has 1 atom stereocenters. The SMILES string of the molecule is Cc1ccccc1CSc1n[nH]c(=O)n1CC1CCCO1. The summed E-state index contributed by atoms with van der Waals surface area (Å²) in [6.45, 7) is 3.48. The first-order valence-electron chi connectivity index (χ1n) is 7.18. The summed E-state index contributed by atoms with van der Waals surface area (Å²) < 4.78 is 7.30. The molecule has 0 radical (unpaired) electrons. The number of thioether (sulfide) groups is 1. The van der Waals surface area contributed by atoms with Crippen LogP contribution in [0.5, 0.6) is 0 Å². The van der Waals surface area contributed by atoms with Gasteiger partial charge in [-0.1, -0.05) is 36.0 Å². The number of rotatable bonds is 5. The topological polar surface area (TPSA) is 59.9 Å². The molecule has 0 amide bonds. The second-order valence-corrected chi connectivity index (χ2v) is 6.21. The minimum atomic E-state index is -0.155. The monoisotopic (exact) mass is 305 g/mol. The van der Waals surface area contributed by atoms with E-state index < -0.39 is 0 Å². The number of nitrogens with one attached hydrogen (secondary N) is 1. The Balaban J connectivity index is 1.71. The Hall–Kier alpha value is -1.53. The second kappa shape index (κ2) is 6.49. The predicted molar refractivity (Wildman–Crippen MR) is 82.6 cm³/mol. The van der Waals surface area contributed by atoms with Crippen LogP contribution in [0.4, 0.5) is 0 Å². The molecule has 1 fully saturated rings. The van der Waals surface area contributed by atoms with Gasteiger partial charge in [0.2, 0.25) is 0 Å². The number of H-pyrrole nitrogens is 1. The number of nitrogens with zero attached hydrogens (tertiary/aromatic N) is 2. The zero-order valence-electron chi connectivity index (χ0n) is 12.0. The Morgan fingerprint density at radius 3 is 3.10 bits per heavy atom. The summed E-state index contributed by atoms with van der Waals surface area (Å²) in [5, 5.41) is 7.41. The van der Waals surface area contributed by atoms with Crippen molar-refractivity contribution in [2.24, 2.45) is 0 Å². The summed E-state index contributed by atoms with van der Waals surface area (Å²) >= 11 is 1.58. The number of hydrogen-bond donors (Lipinski definition) is 1. The predicted octanol–water partition coefficient (Wildman–Crippen LogP) is 2.35. The standard InChI is InChI=1S/C15H19N3O2S/c1-11-5-2-3-6-12(11)10-21-15-17-16-14(19)18(15)9-13-7-4-8-20-13/h2-3,5-6,13H,4,7-10H2,1H3,(H,16,19). The molecule has 1 unspecified atom stereocenters. The van der Waals surface area contributed by atoms with Crippen LogP contribution in [0.1, 0.15) is 24.0 Å². The number of benzene rings is 1. The van der Waals surface area contributed by atoms with Gasteiger partial charge in [0.15, 0.2) is 5.16 Å². The highest BCUT2D eigenvalue weighted by Crippen LogP contribution is 2.23. The Bertz CT molecular complexity index is 659. The highest BCUT2D eigenvalue weighted by molar-refractivity contribution is 7.98. The molecule has 0 saturated carbocycles. The van der Waals surface area contributed by atoms with E-state index in [4.69, 9.17) is 4.74 Å². The van der Waals surface area contributed by atoms with Crippen molar-refractivity contribution in [1.82, 2.24) is 14.8 Å². The fraction of sp³-hybridized carbons (Fsp3) is 0.467. The van der Waals surface area contributed by atoms with Gasteiger partial charge in [0.05, 0.1) is 12.6 Å². The average Bonchev–Trinajstić information content (AvgIpc) is 3.11. The van der Waals surface area contributed by atoms with Gasteiger partial charge in [0.25, 0.3) is 0 Å². The van der Waals surface area contributed by atoms with Crippen molar-refractivity contribution < 1.29 is 4.74 Å². The zero-order chi connectivity index (χ0) is 14.7. The average molecular weight is 305 g/mol. The molecular weight excluding hydrogens is 286 g/mol. The van der Waals surface area contributed by atoms with Crippen LogP contribution in [0.15, 0.2) is 34.2 Å². The Morgan fingerprint density at radius 1 is 1.48 bits per heavy atom. The Kier molecular flexibility index (Phi) is 4.45. The van der Waals surface area contributed by atoms with E-state index in [1.54, 1.807) is 16.3 Å². The van der Waals surface area contributed by atoms with E-state index in [-0.39, 0.29) is 11.8 Å². The van der Waals surface area contributed by atoms with Crippen LogP contribution in [-0.2, 0) is 17.0 Å². The molecule has 0 aliphatic carbocycles. The molecule has 1 aromatic carbocycles. The minimum absolute atomic E-state index is 0.137. The quantitative estimate of drug-likeness (QED) is 0.862. The highest BCUT2D eigenvalue weighted by atomic mass is 32.2. The molecule has 1 aliphatic rings. The highest BCUT2D eigenvalue weighted by Gasteiger charge is 2.19. The van der Waals surface area contributed by atoms with Gasteiger partial charge in [-0.05, 0) is 30.9 Å². The van der Waals surface area contributed by atoms with Crippen molar-refractivity contribution in [2.75, 3.05) is 6.61 Å². The van der Waals surface area contributed by atoms with Crippen molar-refractivity contribution in [1.29, 1.82) is 0 Å². The third-order valence-corrected chi connectivity index (χ3v) is 4.78. The van der Waals surface area contributed by atoms with Crippen LogP contribution < -0.4 is 5.69 Å². The van der Waals surface area contributed by atoms with Crippen LogP contribution in [0.25, 0.3) is 0 Å². The van der Waals surface area contributed by atoms with E-state index in [1.165, 1.54) is 11.1 Å². The third-order valence-electron chi connectivity index (χ3n) is 3.75. The maximum absolute atomic E-state index is 11.9. The number of aromatic nitrogens is 3. The van der Waals surface area contributed by atoms with Crippen molar-refractivity contribution in [3.05, 3.63) is 45.9 Å². The number of aromatic amines is 1. The summed E-state index contributed by atoms with van der Waals surface area (Å²) in [7, 11) is 0. The van der Waals surface area contributed by atoms with Crippen LogP contribution in [0.2, 0.25) is 0 Å². The maximum Gasteiger partial charge on any atom is 0.344 e. The van der Waals surface area contributed by atoms with Crippen molar-refractivity contribution >= 4 is 11.8 Å². The molecule has 112 valence electrons. The first-order chi connectivity index (χ1) is 10.2. The van der Waals surface area contributed by atoms with Crippen LogP contribution in [0, 0.1) is 6.92 Å². The van der Waals surface area contributed by atoms with Gasteiger partial charge in [-0.15, -0.1) is 5.10 Å². The summed E-state index contributed by atoms with van der Waals surface area (Å²) in [6, 6.07) is 8.27. The lowest BCUT2D eigenvalue weighted by molar-refractivity contribution is 0.0941. The van der Waals surface area contributed by atoms with E-state index in [0.717, 1.165) is 30.4 Å². The molecule has 0 bridgehead atoms. The Labute approximate surface area is 127 Å². The molecular formula is C15H19N3O2S. The van der Waals surface area contributed by atoms with E-state index in [1.807, 2.05) is 12.1 Å². The summed E-state index contributed by atoms with van der Waals surface area (Å²) in [5.41, 5.74) is 2.37. The van der Waals surface area contributed by atoms with Crippen molar-refractivity contribution in [3.8, 4) is 0 Å². The summed E-state index contributed by atoms with van der Waals surface area (Å²) in [6.07, 6.45) is 2.22. The Morgan fingerprint density at radius 2 is 2.33 bits per heavy atom. The van der Waals surface area contributed by atoms with Crippen LogP contribution in [0.3, 0.4) is 0 Å². The summed E-state index contributed by atoms with van der Waals surface area (Å²) in [4.78, 5) is 11.9. The third kappa shape index (κ3) is 3.39. The number of hydrogen-bond acceptors (Lipinski definition) is 4. The van der Waals surface area contributed by atoms with Gasteiger partial charge in [-0.2, -0.15) is 0 Å². The van der Waals surface area contributed by atoms with Gasteiger partial charge in [0, 0.05) is 12.4 Å². The van der Waals surface area contributed by atoms with Gasteiger partial charge in [-0.25, -0.2) is 9.89 Å². The van der Waals surface area contributed by atoms with E-state index in [0.29, 0.717) is 6.54 Å². The minimum Gasteiger partial charge on any atom is -0.376 e. The smallest absolute Gasteiger partial charge is 0.344 e. The van der Waals surface area contributed by atoms with Crippen molar-refractivity contribution in [2.45, 2.75) is 43.3 Å². The molecule has 1 N–H and O–H groups in total. The normalized spacial score (nSPS) is 18.2. The molecule has 1 aromatic heterocycles. The summed E-state index contributed by atoms with van der Waals surface area (Å²) in [5.74, 6) is 0.808. The molecule has 5 nitrogen and oxygen atoms in total. The van der Waals surface area contributed by atoms with Crippen molar-refractivity contribution in [3.63, 3.8) is 0 Å². The lowest BCUT2D eigenvalue weighted by atomic mass is 10.1. The van der Waals surface area contributed by atoms with E-state index >= 15 is 0 Å². The molecule has 6 heteroatoms. The van der Waals surface area contributed by atoms with Gasteiger partial charge in [0.1, 0.15) is 0 Å². The number of aryl methyl sites for hydroxylation is 1. The number of ether oxygens (including phenoxy) is 1. The van der Waals surface area contributed by atoms with Crippen LogP contribution >= 0.6 is 11.8 Å².